The van der Waals surface area contributed by atoms with Crippen molar-refractivity contribution < 1.29 is 19.1 Å². The van der Waals surface area contributed by atoms with E-state index in [1.807, 2.05) is 38.1 Å². The number of nitrogens with zero attached hydrogens (tertiary/aromatic N) is 2. The molecule has 0 saturated heterocycles. The number of alkyl halides is 1. The number of methoxy groups -OCH3 is 1. The predicted octanol–water partition coefficient (Wildman–Crippen LogP) is 4.64. The molecule has 8 heteroatoms. The highest BCUT2D eigenvalue weighted by atomic mass is 79.9. The Morgan fingerprint density at radius 2 is 2.06 bits per heavy atom. The van der Waals surface area contributed by atoms with Gasteiger partial charge < -0.3 is 9.47 Å². The highest BCUT2D eigenvalue weighted by Gasteiger charge is 2.53. The molecule has 1 saturated carbocycles. The topological polar surface area (TPSA) is 68.7 Å². The van der Waals surface area contributed by atoms with Crippen LogP contribution in [-0.4, -0.2) is 34.7 Å². The van der Waals surface area contributed by atoms with Crippen molar-refractivity contribution in [2.45, 2.75) is 50.1 Å². The van der Waals surface area contributed by atoms with E-state index in [0.29, 0.717) is 16.5 Å². The maximum Gasteiger partial charge on any atom is 0.296 e. The van der Waals surface area contributed by atoms with Crippen LogP contribution in [0.4, 0.5) is 5.13 Å². The lowest BCUT2D eigenvalue weighted by Gasteiger charge is -2.37. The Morgan fingerprint density at radius 3 is 2.77 bits per heavy atom. The molecule has 1 fully saturated rings. The van der Waals surface area contributed by atoms with E-state index in [9.17, 15) is 9.59 Å². The van der Waals surface area contributed by atoms with E-state index >= 15 is 0 Å². The summed E-state index contributed by atoms with van der Waals surface area (Å²) < 4.78 is 11.6. The Kier molecular flexibility index (Phi) is 5.17. The Labute approximate surface area is 193 Å². The molecule has 0 spiro atoms. The van der Waals surface area contributed by atoms with Crippen LogP contribution in [0.25, 0.3) is 0 Å². The van der Waals surface area contributed by atoms with Gasteiger partial charge in [0.2, 0.25) is 0 Å². The number of Topliss-reactive ketones (excluding diaryl/α,β-unsaturated/α-hetero) is 1. The van der Waals surface area contributed by atoms with Crippen LogP contribution < -0.4 is 9.64 Å². The van der Waals surface area contributed by atoms with E-state index < -0.39 is 6.04 Å². The van der Waals surface area contributed by atoms with Gasteiger partial charge in [-0.3, -0.25) is 14.5 Å². The van der Waals surface area contributed by atoms with Crippen LogP contribution in [0.15, 0.2) is 35.6 Å². The lowest BCUT2D eigenvalue weighted by atomic mass is 9.77. The zero-order valence-electron chi connectivity index (χ0n) is 17.6. The summed E-state index contributed by atoms with van der Waals surface area (Å²) in [5.41, 5.74) is 2.14. The van der Waals surface area contributed by atoms with Crippen LogP contribution in [0.2, 0.25) is 0 Å². The third kappa shape index (κ3) is 3.31. The van der Waals surface area contributed by atoms with E-state index in [-0.39, 0.29) is 34.3 Å². The van der Waals surface area contributed by atoms with Crippen molar-refractivity contribution in [1.82, 2.24) is 4.98 Å². The number of rotatable bonds is 3. The smallest absolute Gasteiger partial charge is 0.296 e. The molecular weight excluding hydrogens is 480 g/mol. The number of benzene rings is 1. The largest absolute Gasteiger partial charge is 0.497 e. The number of carbonyl (C=O) groups is 2. The van der Waals surface area contributed by atoms with Crippen LogP contribution in [0.3, 0.4) is 0 Å². The lowest BCUT2D eigenvalue weighted by molar-refractivity contribution is -0.131. The molecule has 31 heavy (non-hydrogen) atoms. The number of aryl methyl sites for hydroxylation is 2. The monoisotopic (exact) mass is 502 g/mol. The number of fused-ring (bicyclic) bond motifs is 1. The van der Waals surface area contributed by atoms with Gasteiger partial charge in [-0.1, -0.05) is 28.1 Å². The van der Waals surface area contributed by atoms with Crippen molar-refractivity contribution in [2.75, 3.05) is 12.0 Å². The summed E-state index contributed by atoms with van der Waals surface area (Å²) in [7, 11) is 1.60. The average molecular weight is 503 g/mol. The first kappa shape index (κ1) is 20.7. The molecule has 5 rings (SSSR count). The van der Waals surface area contributed by atoms with Crippen molar-refractivity contribution >= 4 is 44.1 Å². The summed E-state index contributed by atoms with van der Waals surface area (Å²) in [6, 6.07) is 6.95. The van der Waals surface area contributed by atoms with Gasteiger partial charge in [0.25, 0.3) is 5.91 Å². The van der Waals surface area contributed by atoms with Gasteiger partial charge in [0.05, 0.1) is 30.3 Å². The van der Waals surface area contributed by atoms with Crippen LogP contribution in [-0.2, 0) is 14.3 Å². The van der Waals surface area contributed by atoms with Gasteiger partial charge in [-0.05, 0) is 50.8 Å². The number of carbonyl (C=O) groups excluding carboxylic acids is 2. The maximum atomic E-state index is 13.7. The molecule has 1 aromatic heterocycles. The van der Waals surface area contributed by atoms with Gasteiger partial charge in [0, 0.05) is 9.70 Å². The minimum atomic E-state index is -0.577. The normalized spacial score (nSPS) is 27.8. The van der Waals surface area contributed by atoms with Crippen molar-refractivity contribution in [2.24, 2.45) is 5.92 Å². The second kappa shape index (κ2) is 7.74. The highest BCUT2D eigenvalue weighted by Crippen LogP contribution is 2.49. The number of hydrogen-bond donors (Lipinski definition) is 0. The van der Waals surface area contributed by atoms with E-state index in [2.05, 4.69) is 20.9 Å². The summed E-state index contributed by atoms with van der Waals surface area (Å²) in [6.07, 6.45) is 2.17. The number of aromatic nitrogens is 1. The number of hydrogen-bond acceptors (Lipinski definition) is 6. The first-order valence-corrected chi connectivity index (χ1v) is 12.1. The second-order valence-electron chi connectivity index (χ2n) is 8.27. The molecule has 0 radical (unpaired) electrons. The molecular formula is C23H23BrN2O4S. The van der Waals surface area contributed by atoms with Crippen molar-refractivity contribution in [3.63, 3.8) is 0 Å². The predicted molar refractivity (Wildman–Crippen MR) is 122 cm³/mol. The zero-order valence-corrected chi connectivity index (χ0v) is 20.0. The standard InChI is InChI=1S/C23H23BrN2O4S/c1-11-12(2)31-23(25-11)26-19(13-5-4-6-15(9-13)29-3)18-20(27)16-10-14(24)7-8-17(16)30-21(18)22(26)28/h4-6,9,14,16-17,19H,7-8,10H2,1-3H3. The molecule has 4 atom stereocenters. The van der Waals surface area contributed by atoms with Gasteiger partial charge in [0.1, 0.15) is 11.9 Å². The molecule has 1 aliphatic carbocycles. The van der Waals surface area contributed by atoms with Gasteiger partial charge in [-0.15, -0.1) is 11.3 Å². The molecule has 4 unspecified atom stereocenters. The Bertz CT molecular complexity index is 1090. The number of thiazole rings is 1. The number of ketones is 1. The minimum absolute atomic E-state index is 0.0177. The third-order valence-corrected chi connectivity index (χ3v) is 8.32. The molecule has 2 aliphatic heterocycles. The quantitative estimate of drug-likeness (QED) is 0.571. The fourth-order valence-corrected chi connectivity index (χ4v) is 6.30. The molecule has 0 N–H and O–H groups in total. The van der Waals surface area contributed by atoms with Gasteiger partial charge >= 0.3 is 0 Å². The molecule has 3 heterocycles. The number of ether oxygens (including phenoxy) is 2. The number of amides is 1. The lowest BCUT2D eigenvalue weighted by Crippen LogP contribution is -2.41. The molecule has 1 aromatic carbocycles. The van der Waals surface area contributed by atoms with Crippen molar-refractivity contribution in [1.29, 1.82) is 0 Å². The van der Waals surface area contributed by atoms with Crippen LogP contribution >= 0.6 is 27.3 Å². The Balaban J connectivity index is 1.66. The molecule has 1 amide bonds. The molecule has 0 bridgehead atoms. The minimum Gasteiger partial charge on any atom is -0.497 e. The zero-order chi connectivity index (χ0) is 21.9. The highest BCUT2D eigenvalue weighted by molar-refractivity contribution is 9.09. The molecule has 6 nitrogen and oxygen atoms in total. The first-order chi connectivity index (χ1) is 14.9. The van der Waals surface area contributed by atoms with E-state index in [1.54, 1.807) is 12.0 Å². The second-order valence-corrected chi connectivity index (χ2v) is 10.7. The maximum absolute atomic E-state index is 13.7. The number of anilines is 1. The van der Waals surface area contributed by atoms with E-state index in [4.69, 9.17) is 9.47 Å². The average Bonchev–Trinajstić information content (AvgIpc) is 3.25. The SMILES string of the molecule is COc1cccc(C2C3=C(OC4CCC(Br)CC4C3=O)C(=O)N2c2nc(C)c(C)s2)c1. The Hall–Kier alpha value is -2.19. The summed E-state index contributed by atoms with van der Waals surface area (Å²) >= 11 is 5.13. The van der Waals surface area contributed by atoms with E-state index in [0.717, 1.165) is 35.4 Å². The molecule has 2 aromatic rings. The van der Waals surface area contributed by atoms with Crippen molar-refractivity contribution in [3.05, 3.63) is 51.7 Å². The summed E-state index contributed by atoms with van der Waals surface area (Å²) in [4.78, 5) is 34.9. The summed E-state index contributed by atoms with van der Waals surface area (Å²) in [5.74, 6) is 0.356. The Morgan fingerprint density at radius 1 is 1.26 bits per heavy atom. The molecule has 162 valence electrons. The fraction of sp³-hybridized carbons (Fsp3) is 0.435. The van der Waals surface area contributed by atoms with E-state index in [1.165, 1.54) is 11.3 Å². The van der Waals surface area contributed by atoms with Crippen LogP contribution in [0.1, 0.15) is 41.4 Å². The first-order valence-electron chi connectivity index (χ1n) is 10.4. The fourth-order valence-electron chi connectivity index (χ4n) is 4.70. The van der Waals surface area contributed by atoms with Crippen molar-refractivity contribution in [3.8, 4) is 5.75 Å². The van der Waals surface area contributed by atoms with Gasteiger partial charge in [0.15, 0.2) is 16.7 Å². The molecule has 3 aliphatic rings. The van der Waals surface area contributed by atoms with Crippen LogP contribution in [0, 0.1) is 19.8 Å². The van der Waals surface area contributed by atoms with Crippen LogP contribution in [0.5, 0.6) is 5.75 Å². The summed E-state index contributed by atoms with van der Waals surface area (Å²) in [5, 5.41) is 0.583. The summed E-state index contributed by atoms with van der Waals surface area (Å²) in [6.45, 7) is 3.91. The van der Waals surface area contributed by atoms with Gasteiger partial charge in [-0.2, -0.15) is 0 Å². The number of halogens is 1. The van der Waals surface area contributed by atoms with Gasteiger partial charge in [-0.25, -0.2) is 4.98 Å². The third-order valence-electron chi connectivity index (χ3n) is 6.42.